The lowest BCUT2D eigenvalue weighted by atomic mass is 10.2. The van der Waals surface area contributed by atoms with Gasteiger partial charge in [0.15, 0.2) is 0 Å². The summed E-state index contributed by atoms with van der Waals surface area (Å²) in [5.74, 6) is 0.472. The Morgan fingerprint density at radius 2 is 2.47 bits per heavy atom. The van der Waals surface area contributed by atoms with Gasteiger partial charge >= 0.3 is 0 Å². The number of nitrogens with zero attached hydrogens (tertiary/aromatic N) is 1. The lowest BCUT2D eigenvalue weighted by Gasteiger charge is -2.10. The molecule has 90 valence electrons. The molecule has 0 radical (unpaired) electrons. The van der Waals surface area contributed by atoms with Crippen molar-refractivity contribution in [3.8, 4) is 0 Å². The Bertz CT molecular complexity index is 437. The van der Waals surface area contributed by atoms with E-state index in [0.717, 1.165) is 0 Å². The Morgan fingerprint density at radius 1 is 1.65 bits per heavy atom. The van der Waals surface area contributed by atoms with Gasteiger partial charge in [0, 0.05) is 26.1 Å². The molecule has 1 aromatic heterocycles. The van der Waals surface area contributed by atoms with Gasteiger partial charge in [-0.3, -0.25) is 9.59 Å². The zero-order valence-corrected chi connectivity index (χ0v) is 9.55. The van der Waals surface area contributed by atoms with E-state index in [9.17, 15) is 9.59 Å². The second-order valence-electron chi connectivity index (χ2n) is 4.03. The van der Waals surface area contributed by atoms with Gasteiger partial charge < -0.3 is 14.6 Å². The Labute approximate surface area is 99.1 Å². The summed E-state index contributed by atoms with van der Waals surface area (Å²) in [6.45, 7) is 0.569. The second-order valence-corrected chi connectivity index (χ2v) is 4.03. The molecular formula is C12H14N2O3. The minimum atomic E-state index is -0.213. The van der Waals surface area contributed by atoms with Gasteiger partial charge in [0.2, 0.25) is 11.8 Å². The zero-order valence-electron chi connectivity index (χ0n) is 9.55. The normalized spacial score (nSPS) is 20.2. The van der Waals surface area contributed by atoms with Crippen LogP contribution in [0.4, 0.5) is 0 Å². The molecule has 0 aliphatic carbocycles. The quantitative estimate of drug-likeness (QED) is 0.781. The maximum absolute atomic E-state index is 11.5. The first-order valence-electron chi connectivity index (χ1n) is 5.41. The number of amides is 2. The van der Waals surface area contributed by atoms with E-state index in [0.29, 0.717) is 18.7 Å². The molecule has 1 atom stereocenters. The molecule has 1 aliphatic rings. The lowest BCUT2D eigenvalue weighted by molar-refractivity contribution is -0.126. The summed E-state index contributed by atoms with van der Waals surface area (Å²) in [5, 5.41) is 2.77. The van der Waals surface area contributed by atoms with Gasteiger partial charge in [-0.15, -0.1) is 0 Å². The lowest BCUT2D eigenvalue weighted by Crippen LogP contribution is -2.35. The van der Waals surface area contributed by atoms with Crippen molar-refractivity contribution in [2.75, 3.05) is 13.6 Å². The molecule has 0 aromatic carbocycles. The number of carbonyl (C=O) groups excluding carboxylic acids is 2. The first-order chi connectivity index (χ1) is 8.15. The number of rotatable bonds is 3. The van der Waals surface area contributed by atoms with Crippen LogP contribution in [0.1, 0.15) is 12.2 Å². The Morgan fingerprint density at radius 3 is 3.06 bits per heavy atom. The molecule has 0 bridgehead atoms. The van der Waals surface area contributed by atoms with Gasteiger partial charge in [0.1, 0.15) is 5.76 Å². The first kappa shape index (κ1) is 11.4. The molecule has 17 heavy (non-hydrogen) atoms. The highest BCUT2D eigenvalue weighted by atomic mass is 16.3. The zero-order chi connectivity index (χ0) is 12.3. The monoisotopic (exact) mass is 234 g/mol. The maximum atomic E-state index is 11.5. The molecule has 2 heterocycles. The fraction of sp³-hybridized carbons (Fsp3) is 0.333. The van der Waals surface area contributed by atoms with Crippen LogP contribution in [0.5, 0.6) is 0 Å². The summed E-state index contributed by atoms with van der Waals surface area (Å²) in [7, 11) is 1.73. The molecule has 1 aromatic rings. The van der Waals surface area contributed by atoms with Gasteiger partial charge in [-0.1, -0.05) is 0 Å². The van der Waals surface area contributed by atoms with Crippen LogP contribution in [0.15, 0.2) is 28.9 Å². The number of likely N-dealkylation sites (N-methyl/N-ethyl adjacent to an activating group) is 1. The van der Waals surface area contributed by atoms with E-state index in [1.807, 2.05) is 0 Å². The molecule has 1 N–H and O–H groups in total. The van der Waals surface area contributed by atoms with E-state index >= 15 is 0 Å². The molecule has 2 rings (SSSR count). The van der Waals surface area contributed by atoms with Crippen molar-refractivity contribution in [1.82, 2.24) is 10.2 Å². The largest absolute Gasteiger partial charge is 0.465 e. The highest BCUT2D eigenvalue weighted by molar-refractivity contribution is 5.92. The molecule has 1 fully saturated rings. The van der Waals surface area contributed by atoms with Crippen molar-refractivity contribution in [1.29, 1.82) is 0 Å². The molecule has 1 saturated heterocycles. The van der Waals surface area contributed by atoms with Crippen molar-refractivity contribution in [3.05, 3.63) is 30.2 Å². The standard InChI is InChI=1S/C12H14N2O3/c1-14-8-9(7-12(14)16)13-11(15)5-4-10-3-2-6-17-10/h2-6,9H,7-8H2,1H3,(H,13,15)/b5-4+. The molecule has 1 unspecified atom stereocenters. The minimum absolute atomic E-state index is 0.0605. The predicted molar refractivity (Wildman–Crippen MR) is 61.9 cm³/mol. The number of furan rings is 1. The van der Waals surface area contributed by atoms with Gasteiger partial charge in [0.05, 0.1) is 12.3 Å². The minimum Gasteiger partial charge on any atom is -0.465 e. The SMILES string of the molecule is CN1CC(NC(=O)/C=C/c2ccco2)CC1=O. The first-order valence-corrected chi connectivity index (χ1v) is 5.41. The number of hydrogen-bond donors (Lipinski definition) is 1. The summed E-state index contributed by atoms with van der Waals surface area (Å²) in [5.41, 5.74) is 0. The molecule has 0 spiro atoms. The van der Waals surface area contributed by atoms with Crippen LogP contribution in [-0.2, 0) is 9.59 Å². The third-order valence-electron chi connectivity index (χ3n) is 2.63. The van der Waals surface area contributed by atoms with Gasteiger partial charge in [0.25, 0.3) is 0 Å². The highest BCUT2D eigenvalue weighted by Crippen LogP contribution is 2.08. The molecule has 5 heteroatoms. The average molecular weight is 234 g/mol. The number of carbonyl (C=O) groups is 2. The second kappa shape index (κ2) is 4.86. The summed E-state index contributed by atoms with van der Waals surface area (Å²) in [6.07, 6.45) is 4.91. The molecule has 0 saturated carbocycles. The highest BCUT2D eigenvalue weighted by Gasteiger charge is 2.27. The van der Waals surface area contributed by atoms with Gasteiger partial charge in [-0.05, 0) is 18.2 Å². The fourth-order valence-corrected chi connectivity index (χ4v) is 1.75. The van der Waals surface area contributed by atoms with Crippen LogP contribution in [0.3, 0.4) is 0 Å². The van der Waals surface area contributed by atoms with Gasteiger partial charge in [-0.2, -0.15) is 0 Å². The topological polar surface area (TPSA) is 62.6 Å². The number of hydrogen-bond acceptors (Lipinski definition) is 3. The Kier molecular flexibility index (Phi) is 3.27. The summed E-state index contributed by atoms with van der Waals surface area (Å²) in [6, 6.07) is 3.42. The van der Waals surface area contributed by atoms with E-state index in [1.54, 1.807) is 36.4 Å². The maximum Gasteiger partial charge on any atom is 0.244 e. The summed E-state index contributed by atoms with van der Waals surface area (Å²) < 4.78 is 5.06. The third-order valence-corrected chi connectivity index (χ3v) is 2.63. The Hall–Kier alpha value is -2.04. The average Bonchev–Trinajstić information content (AvgIpc) is 2.87. The molecule has 2 amide bonds. The Balaban J connectivity index is 1.84. The molecule has 1 aliphatic heterocycles. The van der Waals surface area contributed by atoms with Crippen LogP contribution in [0.25, 0.3) is 6.08 Å². The van der Waals surface area contributed by atoms with Crippen LogP contribution < -0.4 is 5.32 Å². The smallest absolute Gasteiger partial charge is 0.244 e. The number of likely N-dealkylation sites (tertiary alicyclic amines) is 1. The molecular weight excluding hydrogens is 220 g/mol. The van der Waals surface area contributed by atoms with E-state index in [4.69, 9.17) is 4.42 Å². The fourth-order valence-electron chi connectivity index (χ4n) is 1.75. The molecule has 5 nitrogen and oxygen atoms in total. The third kappa shape index (κ3) is 2.96. The summed E-state index contributed by atoms with van der Waals surface area (Å²) in [4.78, 5) is 24.4. The van der Waals surface area contributed by atoms with Crippen LogP contribution in [0.2, 0.25) is 0 Å². The summed E-state index contributed by atoms with van der Waals surface area (Å²) >= 11 is 0. The van der Waals surface area contributed by atoms with Crippen molar-refractivity contribution >= 4 is 17.9 Å². The van der Waals surface area contributed by atoms with Crippen LogP contribution in [0, 0.1) is 0 Å². The number of nitrogens with one attached hydrogen (secondary N) is 1. The van der Waals surface area contributed by atoms with E-state index < -0.39 is 0 Å². The van der Waals surface area contributed by atoms with E-state index in [-0.39, 0.29) is 17.9 Å². The van der Waals surface area contributed by atoms with Crippen LogP contribution >= 0.6 is 0 Å². The van der Waals surface area contributed by atoms with Crippen molar-refractivity contribution in [2.24, 2.45) is 0 Å². The van der Waals surface area contributed by atoms with Crippen molar-refractivity contribution < 1.29 is 14.0 Å². The van der Waals surface area contributed by atoms with Gasteiger partial charge in [-0.25, -0.2) is 0 Å². The van der Waals surface area contributed by atoms with E-state index in [1.165, 1.54) is 6.08 Å². The van der Waals surface area contributed by atoms with Crippen molar-refractivity contribution in [2.45, 2.75) is 12.5 Å². The van der Waals surface area contributed by atoms with Crippen molar-refractivity contribution in [3.63, 3.8) is 0 Å². The predicted octanol–water partition coefficient (Wildman–Crippen LogP) is 0.640. The van der Waals surface area contributed by atoms with E-state index in [2.05, 4.69) is 5.32 Å². The van der Waals surface area contributed by atoms with Crippen LogP contribution in [-0.4, -0.2) is 36.3 Å².